The van der Waals surface area contributed by atoms with E-state index in [1.165, 1.54) is 16.7 Å². The molecule has 0 aromatic carbocycles. The molecule has 2 rings (SSSR count). The van der Waals surface area contributed by atoms with Crippen molar-refractivity contribution in [3.63, 3.8) is 0 Å². The molecule has 0 unspecified atom stereocenters. The van der Waals surface area contributed by atoms with Crippen molar-refractivity contribution in [3.05, 3.63) is 46.8 Å². The Hall–Kier alpha value is -1.61. The average molecular weight is 415 g/mol. The highest BCUT2D eigenvalue weighted by Gasteiger charge is 2.71. The number of rotatable bonds is 8. The Morgan fingerprint density at radius 3 is 2.23 bits per heavy atom. The smallest absolute Gasteiger partial charge is 0.161 e. The van der Waals surface area contributed by atoms with E-state index in [1.54, 1.807) is 13.2 Å². The molecule has 3 nitrogen and oxygen atoms in total. The third kappa shape index (κ3) is 4.37. The molecule has 4 atom stereocenters. The van der Waals surface area contributed by atoms with E-state index in [0.717, 1.165) is 25.7 Å². The second-order valence-corrected chi connectivity index (χ2v) is 10.4. The number of ketones is 1. The van der Waals surface area contributed by atoms with Crippen molar-refractivity contribution < 1.29 is 14.6 Å². The van der Waals surface area contributed by atoms with Gasteiger partial charge in [-0.1, -0.05) is 41.9 Å². The van der Waals surface area contributed by atoms with Crippen LogP contribution < -0.4 is 0 Å². The fourth-order valence-corrected chi connectivity index (χ4v) is 5.74. The maximum atomic E-state index is 12.7. The van der Waals surface area contributed by atoms with Crippen LogP contribution in [0.1, 0.15) is 87.0 Å². The lowest BCUT2D eigenvalue weighted by Crippen LogP contribution is -2.57. The number of hydrogen-bond donors (Lipinski definition) is 1. The van der Waals surface area contributed by atoms with Crippen LogP contribution in [0.25, 0.3) is 0 Å². The van der Waals surface area contributed by atoms with Crippen molar-refractivity contribution in [2.75, 3.05) is 7.11 Å². The minimum atomic E-state index is -1.13. The number of allylic oxidation sites excluding steroid dienone is 7. The SMILES string of the molecule is COC1=CC(=O)C[C@@]2(O)[C@]1(CC=C(C)C)C[C@H](CC=C(C)C)[C@@]2(C)CCC=C(C)C. The minimum absolute atomic E-state index is 0.0292. The van der Waals surface area contributed by atoms with Gasteiger partial charge in [-0.3, -0.25) is 4.79 Å². The van der Waals surface area contributed by atoms with Crippen LogP contribution in [0.4, 0.5) is 0 Å². The van der Waals surface area contributed by atoms with E-state index in [1.807, 2.05) is 0 Å². The molecular formula is C27H42O3. The summed E-state index contributed by atoms with van der Waals surface area (Å²) in [5, 5.41) is 12.5. The molecule has 168 valence electrons. The quantitative estimate of drug-likeness (QED) is 0.450. The zero-order valence-corrected chi connectivity index (χ0v) is 20.4. The van der Waals surface area contributed by atoms with E-state index in [4.69, 9.17) is 4.74 Å². The summed E-state index contributed by atoms with van der Waals surface area (Å²) in [6.07, 6.45) is 12.8. The summed E-state index contributed by atoms with van der Waals surface area (Å²) in [4.78, 5) is 12.7. The van der Waals surface area contributed by atoms with Crippen molar-refractivity contribution in [1.29, 1.82) is 0 Å². The van der Waals surface area contributed by atoms with Gasteiger partial charge in [0.25, 0.3) is 0 Å². The Bertz CT molecular complexity index is 772. The van der Waals surface area contributed by atoms with Gasteiger partial charge in [0, 0.05) is 17.9 Å². The van der Waals surface area contributed by atoms with Gasteiger partial charge in [-0.2, -0.15) is 0 Å². The highest BCUT2D eigenvalue weighted by molar-refractivity contribution is 5.93. The first-order chi connectivity index (χ1) is 13.9. The van der Waals surface area contributed by atoms with Gasteiger partial charge >= 0.3 is 0 Å². The number of aliphatic hydroxyl groups is 1. The molecule has 0 amide bonds. The Balaban J connectivity index is 2.66. The molecule has 1 N–H and O–H groups in total. The average Bonchev–Trinajstić information content (AvgIpc) is 2.82. The Morgan fingerprint density at radius 1 is 1.10 bits per heavy atom. The largest absolute Gasteiger partial charge is 0.500 e. The van der Waals surface area contributed by atoms with Crippen LogP contribution in [0.2, 0.25) is 0 Å². The van der Waals surface area contributed by atoms with Crippen molar-refractivity contribution in [3.8, 4) is 0 Å². The van der Waals surface area contributed by atoms with Gasteiger partial charge in [0.05, 0.1) is 18.1 Å². The third-order valence-electron chi connectivity index (χ3n) is 7.53. The normalized spacial score (nSPS) is 32.8. The molecule has 0 heterocycles. The molecule has 0 aromatic heterocycles. The maximum absolute atomic E-state index is 12.7. The number of hydrogen-bond acceptors (Lipinski definition) is 3. The van der Waals surface area contributed by atoms with Gasteiger partial charge < -0.3 is 9.84 Å². The van der Waals surface area contributed by atoms with Crippen molar-refractivity contribution >= 4 is 5.78 Å². The number of ether oxygens (including phenoxy) is 1. The lowest BCUT2D eigenvalue weighted by Gasteiger charge is -2.52. The highest BCUT2D eigenvalue weighted by atomic mass is 16.5. The number of fused-ring (bicyclic) bond motifs is 1. The summed E-state index contributed by atoms with van der Waals surface area (Å²) in [6, 6.07) is 0. The van der Waals surface area contributed by atoms with E-state index in [9.17, 15) is 9.90 Å². The molecule has 30 heavy (non-hydrogen) atoms. The van der Waals surface area contributed by atoms with E-state index >= 15 is 0 Å². The Labute approximate surface area is 184 Å². The predicted octanol–water partition coefficient (Wildman–Crippen LogP) is 6.69. The van der Waals surface area contributed by atoms with Crippen LogP contribution in [0.15, 0.2) is 46.8 Å². The lowest BCUT2D eigenvalue weighted by molar-refractivity contribution is -0.158. The first-order valence-corrected chi connectivity index (χ1v) is 11.3. The van der Waals surface area contributed by atoms with Gasteiger partial charge in [0.2, 0.25) is 0 Å². The number of carbonyl (C=O) groups is 1. The van der Waals surface area contributed by atoms with Crippen molar-refractivity contribution in [2.24, 2.45) is 16.7 Å². The molecule has 0 radical (unpaired) electrons. The highest BCUT2D eigenvalue weighted by Crippen LogP contribution is 2.69. The van der Waals surface area contributed by atoms with Crippen LogP contribution in [0.5, 0.6) is 0 Å². The Morgan fingerprint density at radius 2 is 1.70 bits per heavy atom. The van der Waals surface area contributed by atoms with Crippen LogP contribution in [0.3, 0.4) is 0 Å². The minimum Gasteiger partial charge on any atom is -0.500 e. The standard InChI is InChI=1S/C27H42O3/c1-19(2)10-9-14-25(7)22(12-11-20(3)4)17-26(15-13-21(5)6)24(30-8)16-23(28)18-27(25,26)29/h10-11,13,16,22,29H,9,12,14-15,17-18H2,1-8H3/t22-,25+,26+,27-/m0/s1. The van der Waals surface area contributed by atoms with Crippen molar-refractivity contribution in [2.45, 2.75) is 92.6 Å². The molecule has 0 spiro atoms. The van der Waals surface area contributed by atoms with Crippen LogP contribution in [-0.2, 0) is 9.53 Å². The summed E-state index contributed by atoms with van der Waals surface area (Å²) >= 11 is 0. The first-order valence-electron chi connectivity index (χ1n) is 11.3. The maximum Gasteiger partial charge on any atom is 0.161 e. The van der Waals surface area contributed by atoms with Gasteiger partial charge in [-0.05, 0) is 79.6 Å². The van der Waals surface area contributed by atoms with Crippen molar-refractivity contribution in [1.82, 2.24) is 0 Å². The molecule has 3 heteroatoms. The summed E-state index contributed by atoms with van der Waals surface area (Å²) < 4.78 is 5.81. The topological polar surface area (TPSA) is 46.5 Å². The molecular weight excluding hydrogens is 372 g/mol. The fourth-order valence-electron chi connectivity index (χ4n) is 5.74. The Kier molecular flexibility index (Phi) is 7.61. The van der Waals surface area contributed by atoms with Gasteiger partial charge in [0.15, 0.2) is 5.78 Å². The van der Waals surface area contributed by atoms with E-state index in [2.05, 4.69) is 66.7 Å². The summed E-state index contributed by atoms with van der Waals surface area (Å²) in [7, 11) is 1.64. The monoisotopic (exact) mass is 414 g/mol. The molecule has 0 saturated heterocycles. The second kappa shape index (κ2) is 9.26. The fraction of sp³-hybridized carbons (Fsp3) is 0.667. The van der Waals surface area contributed by atoms with E-state index in [-0.39, 0.29) is 23.5 Å². The zero-order valence-electron chi connectivity index (χ0n) is 20.4. The summed E-state index contributed by atoms with van der Waals surface area (Å²) in [6.45, 7) is 14.9. The zero-order chi connectivity index (χ0) is 22.7. The van der Waals surface area contributed by atoms with Gasteiger partial charge in [-0.25, -0.2) is 0 Å². The number of carbonyl (C=O) groups excluding carboxylic acids is 1. The summed E-state index contributed by atoms with van der Waals surface area (Å²) in [5.41, 5.74) is 1.73. The van der Waals surface area contributed by atoms with E-state index in [0.29, 0.717) is 12.2 Å². The summed E-state index contributed by atoms with van der Waals surface area (Å²) in [5.74, 6) is 0.906. The van der Waals surface area contributed by atoms with Crippen LogP contribution >= 0.6 is 0 Å². The first kappa shape index (κ1) is 24.7. The second-order valence-electron chi connectivity index (χ2n) is 10.4. The van der Waals surface area contributed by atoms with Crippen LogP contribution in [0, 0.1) is 16.7 Å². The lowest BCUT2D eigenvalue weighted by atomic mass is 9.56. The molecule has 1 fully saturated rings. The van der Waals surface area contributed by atoms with E-state index < -0.39 is 11.0 Å². The molecule has 0 aromatic rings. The van der Waals surface area contributed by atoms with Gasteiger partial charge in [-0.15, -0.1) is 0 Å². The predicted molar refractivity (Wildman–Crippen MR) is 125 cm³/mol. The molecule has 1 saturated carbocycles. The third-order valence-corrected chi connectivity index (χ3v) is 7.53. The molecule has 0 bridgehead atoms. The molecule has 0 aliphatic heterocycles. The van der Waals surface area contributed by atoms with Crippen LogP contribution in [-0.4, -0.2) is 23.6 Å². The molecule has 2 aliphatic carbocycles. The number of methoxy groups -OCH3 is 1. The molecule has 2 aliphatic rings. The van der Waals surface area contributed by atoms with Gasteiger partial charge in [0.1, 0.15) is 5.76 Å².